The number of hydrogen-bond acceptors (Lipinski definition) is 4. The van der Waals surface area contributed by atoms with Crippen LogP contribution in [0.5, 0.6) is 0 Å². The summed E-state index contributed by atoms with van der Waals surface area (Å²) in [7, 11) is 0. The molecule has 0 bridgehead atoms. The monoisotopic (exact) mass is 262 g/mol. The van der Waals surface area contributed by atoms with E-state index in [1.54, 1.807) is 0 Å². The van der Waals surface area contributed by atoms with Crippen molar-refractivity contribution in [2.24, 2.45) is 11.5 Å². The third-order valence-corrected chi connectivity index (χ3v) is 1.48. The molecule has 0 aliphatic heterocycles. The van der Waals surface area contributed by atoms with Gasteiger partial charge in [0.2, 0.25) is 0 Å². The molecule has 0 heterocycles. The summed E-state index contributed by atoms with van der Waals surface area (Å²) < 4.78 is 0. The lowest BCUT2D eigenvalue weighted by atomic mass is 10.3. The lowest BCUT2D eigenvalue weighted by Gasteiger charge is -1.80. The number of carboxylic acids is 2. The molecule has 0 rings (SSSR count). The van der Waals surface area contributed by atoms with E-state index in [2.05, 4.69) is 13.8 Å². The molecule has 0 radical (unpaired) electrons. The van der Waals surface area contributed by atoms with E-state index in [0.29, 0.717) is 12.2 Å². The Labute approximate surface area is 109 Å². The van der Waals surface area contributed by atoms with Crippen LogP contribution in [0.2, 0.25) is 0 Å². The second-order valence-electron chi connectivity index (χ2n) is 3.29. The van der Waals surface area contributed by atoms with Crippen LogP contribution in [0.4, 0.5) is 0 Å². The Hall–Kier alpha value is -1.40. The van der Waals surface area contributed by atoms with Gasteiger partial charge in [-0.3, -0.25) is 0 Å². The highest BCUT2D eigenvalue weighted by Gasteiger charge is 1.88. The summed E-state index contributed by atoms with van der Waals surface area (Å²) in [5.41, 5.74) is 10.3. The molecule has 0 spiro atoms. The maximum absolute atomic E-state index is 9.55. The van der Waals surface area contributed by atoms with E-state index in [1.807, 2.05) is 0 Å². The number of unbranched alkanes of at least 4 members (excludes halogenated alkanes) is 2. The molecule has 108 valence electrons. The minimum Gasteiger partial charge on any atom is -0.478 e. The van der Waals surface area contributed by atoms with Gasteiger partial charge in [0.15, 0.2) is 0 Å². The summed E-state index contributed by atoms with van der Waals surface area (Å²) in [6.45, 7) is 5.95. The van der Waals surface area contributed by atoms with Crippen molar-refractivity contribution in [2.75, 3.05) is 13.1 Å². The summed E-state index contributed by atoms with van der Waals surface area (Å²) in [6.07, 6.45) is 5.89. The molecule has 0 aliphatic rings. The summed E-state index contributed by atoms with van der Waals surface area (Å²) in [6, 6.07) is 0. The Bertz CT molecular complexity index is 192. The van der Waals surface area contributed by atoms with Crippen LogP contribution in [0.15, 0.2) is 12.2 Å². The van der Waals surface area contributed by atoms with Crippen LogP contribution in [0.3, 0.4) is 0 Å². The Balaban J connectivity index is -0.000000197. The van der Waals surface area contributed by atoms with Crippen molar-refractivity contribution < 1.29 is 19.8 Å². The van der Waals surface area contributed by atoms with Gasteiger partial charge in [-0.25, -0.2) is 9.59 Å². The quantitative estimate of drug-likeness (QED) is 0.533. The molecule has 0 aromatic heterocycles. The lowest BCUT2D eigenvalue weighted by molar-refractivity contribution is -0.134. The Morgan fingerprint density at radius 2 is 1.17 bits per heavy atom. The van der Waals surface area contributed by atoms with Crippen LogP contribution in [0.1, 0.15) is 39.5 Å². The van der Waals surface area contributed by atoms with Gasteiger partial charge in [0.25, 0.3) is 0 Å². The molecule has 6 nitrogen and oxygen atoms in total. The van der Waals surface area contributed by atoms with E-state index in [0.717, 1.165) is 13.1 Å². The van der Waals surface area contributed by atoms with Gasteiger partial charge in [-0.1, -0.05) is 26.7 Å². The van der Waals surface area contributed by atoms with Crippen molar-refractivity contribution >= 4 is 11.9 Å². The summed E-state index contributed by atoms with van der Waals surface area (Å²) in [5.74, 6) is -2.51. The number of nitrogens with two attached hydrogens (primary N) is 2. The average molecular weight is 262 g/mol. The van der Waals surface area contributed by atoms with Gasteiger partial charge in [-0.2, -0.15) is 0 Å². The Kier molecular flexibility index (Phi) is 25.4. The molecule has 18 heavy (non-hydrogen) atoms. The first-order valence-electron chi connectivity index (χ1n) is 6.00. The van der Waals surface area contributed by atoms with Gasteiger partial charge in [-0.05, 0) is 25.9 Å². The third kappa shape index (κ3) is 46.8. The Morgan fingerprint density at radius 3 is 1.22 bits per heavy atom. The van der Waals surface area contributed by atoms with E-state index in [4.69, 9.17) is 21.7 Å². The van der Waals surface area contributed by atoms with Crippen LogP contribution in [0.25, 0.3) is 0 Å². The molecule has 0 unspecified atom stereocenters. The van der Waals surface area contributed by atoms with Crippen molar-refractivity contribution in [2.45, 2.75) is 39.5 Å². The predicted octanol–water partition coefficient (Wildman–Crippen LogP) is 1.20. The van der Waals surface area contributed by atoms with E-state index in [1.165, 1.54) is 25.7 Å². The normalized spacial score (nSPS) is 8.89. The molecule has 6 N–H and O–H groups in total. The van der Waals surface area contributed by atoms with Gasteiger partial charge in [0.1, 0.15) is 0 Å². The molecule has 0 aromatic carbocycles. The molecule has 0 saturated heterocycles. The Morgan fingerprint density at radius 1 is 0.889 bits per heavy atom. The molecule has 0 atom stereocenters. The zero-order valence-corrected chi connectivity index (χ0v) is 11.3. The highest BCUT2D eigenvalue weighted by atomic mass is 16.4. The van der Waals surface area contributed by atoms with Crippen LogP contribution in [0, 0.1) is 0 Å². The summed E-state index contributed by atoms with van der Waals surface area (Å²) in [5, 5.41) is 15.6. The van der Waals surface area contributed by atoms with Crippen molar-refractivity contribution in [3.63, 3.8) is 0 Å². The fourth-order valence-electron chi connectivity index (χ4n) is 0.551. The van der Waals surface area contributed by atoms with Crippen LogP contribution in [-0.4, -0.2) is 35.2 Å². The molecule has 0 amide bonds. The second-order valence-corrected chi connectivity index (χ2v) is 3.29. The smallest absolute Gasteiger partial charge is 0.328 e. The molecular weight excluding hydrogens is 236 g/mol. The summed E-state index contributed by atoms with van der Waals surface area (Å²) >= 11 is 0. The second kappa shape index (κ2) is 20.9. The standard InChI is InChI=1S/2C4H11N.C4H4O4/c2*1-2-3-4-5;5-3(6)1-2-4(7)8/h2*2-5H2,1H3;1-2H,(H,5,6)(H,7,8). The number of hydrogen-bond donors (Lipinski definition) is 4. The number of aliphatic carboxylic acids is 2. The van der Waals surface area contributed by atoms with E-state index >= 15 is 0 Å². The summed E-state index contributed by atoms with van der Waals surface area (Å²) in [4.78, 5) is 19.1. The van der Waals surface area contributed by atoms with Gasteiger partial charge in [-0.15, -0.1) is 0 Å². The average Bonchev–Trinajstić information content (AvgIpc) is 2.30. The van der Waals surface area contributed by atoms with Crippen molar-refractivity contribution in [3.8, 4) is 0 Å². The number of rotatable bonds is 6. The van der Waals surface area contributed by atoms with Crippen molar-refractivity contribution in [1.29, 1.82) is 0 Å². The first-order valence-corrected chi connectivity index (χ1v) is 6.00. The maximum Gasteiger partial charge on any atom is 0.328 e. The number of carboxylic acid groups (broad SMARTS) is 2. The first-order chi connectivity index (χ1) is 8.45. The largest absolute Gasteiger partial charge is 0.478 e. The van der Waals surface area contributed by atoms with Crippen LogP contribution in [-0.2, 0) is 9.59 Å². The molecule has 0 aromatic rings. The molecule has 6 heteroatoms. The lowest BCUT2D eigenvalue weighted by Crippen LogP contribution is -1.95. The zero-order chi connectivity index (χ0) is 14.8. The predicted molar refractivity (Wildman–Crippen MR) is 72.3 cm³/mol. The van der Waals surface area contributed by atoms with Gasteiger partial charge in [0, 0.05) is 12.2 Å². The fourth-order valence-corrected chi connectivity index (χ4v) is 0.551. The van der Waals surface area contributed by atoms with Crippen LogP contribution >= 0.6 is 0 Å². The third-order valence-electron chi connectivity index (χ3n) is 1.48. The van der Waals surface area contributed by atoms with E-state index in [-0.39, 0.29) is 0 Å². The molecule has 0 fully saturated rings. The van der Waals surface area contributed by atoms with Gasteiger partial charge < -0.3 is 21.7 Å². The van der Waals surface area contributed by atoms with E-state index < -0.39 is 11.9 Å². The van der Waals surface area contributed by atoms with Gasteiger partial charge in [0.05, 0.1) is 0 Å². The maximum atomic E-state index is 9.55. The van der Waals surface area contributed by atoms with E-state index in [9.17, 15) is 9.59 Å². The van der Waals surface area contributed by atoms with Crippen LogP contribution < -0.4 is 11.5 Å². The van der Waals surface area contributed by atoms with Crippen molar-refractivity contribution in [1.82, 2.24) is 0 Å². The minimum atomic E-state index is -1.26. The molecule has 0 aliphatic carbocycles. The van der Waals surface area contributed by atoms with Gasteiger partial charge >= 0.3 is 11.9 Å². The fraction of sp³-hybridized carbons (Fsp3) is 0.667. The molecular formula is C12H26N2O4. The SMILES string of the molecule is CCCCN.CCCCN.O=C(O)C=CC(=O)O. The molecule has 0 saturated carbocycles. The highest BCUT2D eigenvalue weighted by Crippen LogP contribution is 1.77. The topological polar surface area (TPSA) is 127 Å². The first kappa shape index (κ1) is 21.8. The highest BCUT2D eigenvalue weighted by molar-refractivity contribution is 5.89. The zero-order valence-electron chi connectivity index (χ0n) is 11.3. The van der Waals surface area contributed by atoms with Crippen molar-refractivity contribution in [3.05, 3.63) is 12.2 Å². The minimum absolute atomic E-state index is 0.558. The number of carbonyl (C=O) groups is 2.